The maximum absolute atomic E-state index is 11.9. The van der Waals surface area contributed by atoms with Gasteiger partial charge in [0.15, 0.2) is 0 Å². The average Bonchev–Trinajstić information content (AvgIpc) is 2.31. The summed E-state index contributed by atoms with van der Waals surface area (Å²) in [5.41, 5.74) is 0.0256. The number of hydrogen-bond donors (Lipinski definition) is 2. The third-order valence-electron chi connectivity index (χ3n) is 2.33. The first-order valence-electron chi connectivity index (χ1n) is 5.12. The summed E-state index contributed by atoms with van der Waals surface area (Å²) in [6.45, 7) is 1.97. The number of carbonyl (C=O) groups excluding carboxylic acids is 1. The van der Waals surface area contributed by atoms with Gasteiger partial charge in [-0.05, 0) is 25.1 Å². The van der Waals surface area contributed by atoms with Gasteiger partial charge in [-0.25, -0.2) is 0 Å². The van der Waals surface area contributed by atoms with Crippen molar-refractivity contribution in [1.82, 2.24) is 4.90 Å². The molecule has 1 amide bonds. The Labute approximate surface area is 99.5 Å². The minimum Gasteiger partial charge on any atom is -0.508 e. The standard InChI is InChI=1S/C12H14N2O3/c1-8(6-13)7-14(2)12(17)10-5-9(15)3-4-11(10)16/h3-5,8,15-16H,7H2,1-2H3. The fraction of sp³-hybridized carbons (Fsp3) is 0.333. The Kier molecular flexibility index (Phi) is 3.94. The number of amides is 1. The van der Waals surface area contributed by atoms with Gasteiger partial charge < -0.3 is 15.1 Å². The topological polar surface area (TPSA) is 84.6 Å². The van der Waals surface area contributed by atoms with Gasteiger partial charge in [-0.3, -0.25) is 4.79 Å². The Hall–Kier alpha value is -2.22. The Morgan fingerprint density at radius 3 is 2.76 bits per heavy atom. The lowest BCUT2D eigenvalue weighted by molar-refractivity contribution is 0.0781. The van der Waals surface area contributed by atoms with Crippen LogP contribution in [0, 0.1) is 17.2 Å². The largest absolute Gasteiger partial charge is 0.508 e. The van der Waals surface area contributed by atoms with Crippen LogP contribution in [0.15, 0.2) is 18.2 Å². The molecule has 1 aromatic carbocycles. The first-order valence-corrected chi connectivity index (χ1v) is 5.12. The van der Waals surface area contributed by atoms with Crippen LogP contribution in [0.1, 0.15) is 17.3 Å². The van der Waals surface area contributed by atoms with Crippen LogP contribution in [0.4, 0.5) is 0 Å². The molecule has 5 nitrogen and oxygen atoms in total. The van der Waals surface area contributed by atoms with Crippen LogP contribution in [0.5, 0.6) is 11.5 Å². The van der Waals surface area contributed by atoms with E-state index in [0.29, 0.717) is 0 Å². The molecule has 1 rings (SSSR count). The van der Waals surface area contributed by atoms with E-state index in [2.05, 4.69) is 0 Å². The van der Waals surface area contributed by atoms with E-state index >= 15 is 0 Å². The third-order valence-corrected chi connectivity index (χ3v) is 2.33. The van der Waals surface area contributed by atoms with Crippen molar-refractivity contribution < 1.29 is 15.0 Å². The van der Waals surface area contributed by atoms with Crippen molar-refractivity contribution in [2.24, 2.45) is 5.92 Å². The first-order chi connectivity index (χ1) is 7.95. The zero-order chi connectivity index (χ0) is 13.0. The molecule has 0 aliphatic carbocycles. The number of aromatic hydroxyl groups is 2. The van der Waals surface area contributed by atoms with E-state index in [-0.39, 0.29) is 29.5 Å². The summed E-state index contributed by atoms with van der Waals surface area (Å²) in [5.74, 6) is -0.999. The van der Waals surface area contributed by atoms with Gasteiger partial charge in [0, 0.05) is 13.6 Å². The summed E-state index contributed by atoms with van der Waals surface area (Å²) in [6, 6.07) is 5.77. The molecule has 0 saturated carbocycles. The third kappa shape index (κ3) is 3.11. The van der Waals surface area contributed by atoms with E-state index in [1.165, 1.54) is 23.1 Å². The highest BCUT2D eigenvalue weighted by molar-refractivity contribution is 5.97. The fourth-order valence-electron chi connectivity index (χ4n) is 1.44. The molecule has 0 aliphatic heterocycles. The molecule has 0 radical (unpaired) electrons. The highest BCUT2D eigenvalue weighted by Gasteiger charge is 2.18. The summed E-state index contributed by atoms with van der Waals surface area (Å²) in [7, 11) is 1.54. The summed E-state index contributed by atoms with van der Waals surface area (Å²) >= 11 is 0. The van der Waals surface area contributed by atoms with Gasteiger partial charge in [-0.15, -0.1) is 0 Å². The number of carbonyl (C=O) groups is 1. The summed E-state index contributed by atoms with van der Waals surface area (Å²) < 4.78 is 0. The van der Waals surface area contributed by atoms with E-state index in [0.717, 1.165) is 0 Å². The quantitative estimate of drug-likeness (QED) is 0.773. The summed E-state index contributed by atoms with van der Waals surface area (Å²) in [5, 5.41) is 27.4. The SMILES string of the molecule is CC(C#N)CN(C)C(=O)c1cc(O)ccc1O. The Balaban J connectivity index is 2.89. The molecule has 0 saturated heterocycles. The van der Waals surface area contributed by atoms with Crippen molar-refractivity contribution in [2.45, 2.75) is 6.92 Å². The number of phenols is 2. The number of nitrogens with zero attached hydrogens (tertiary/aromatic N) is 2. The van der Waals surface area contributed by atoms with Gasteiger partial charge in [0.2, 0.25) is 0 Å². The number of benzene rings is 1. The van der Waals surface area contributed by atoms with Crippen molar-refractivity contribution in [3.05, 3.63) is 23.8 Å². The van der Waals surface area contributed by atoms with Crippen LogP contribution >= 0.6 is 0 Å². The molecule has 2 N–H and O–H groups in total. The molecule has 0 fully saturated rings. The molecule has 5 heteroatoms. The Morgan fingerprint density at radius 1 is 1.53 bits per heavy atom. The minimum absolute atomic E-state index is 0.0256. The van der Waals surface area contributed by atoms with Crippen molar-refractivity contribution >= 4 is 5.91 Å². The van der Waals surface area contributed by atoms with Crippen LogP contribution in [-0.2, 0) is 0 Å². The van der Waals surface area contributed by atoms with Crippen molar-refractivity contribution in [3.63, 3.8) is 0 Å². The highest BCUT2D eigenvalue weighted by atomic mass is 16.3. The maximum atomic E-state index is 11.9. The summed E-state index contributed by atoms with van der Waals surface area (Å²) in [6.07, 6.45) is 0. The Morgan fingerprint density at radius 2 is 2.18 bits per heavy atom. The molecule has 17 heavy (non-hydrogen) atoms. The molecule has 0 bridgehead atoms. The molecular weight excluding hydrogens is 220 g/mol. The van der Waals surface area contributed by atoms with E-state index in [1.54, 1.807) is 14.0 Å². The average molecular weight is 234 g/mol. The van der Waals surface area contributed by atoms with Crippen molar-refractivity contribution in [2.75, 3.05) is 13.6 Å². The Bertz CT molecular complexity index is 465. The normalized spacial score (nSPS) is 11.6. The number of hydrogen-bond acceptors (Lipinski definition) is 4. The molecule has 0 aliphatic rings. The molecule has 1 unspecified atom stereocenters. The molecule has 90 valence electrons. The second-order valence-electron chi connectivity index (χ2n) is 3.92. The highest BCUT2D eigenvalue weighted by Crippen LogP contribution is 2.23. The zero-order valence-electron chi connectivity index (χ0n) is 9.71. The van der Waals surface area contributed by atoms with Gasteiger partial charge in [-0.1, -0.05) is 0 Å². The van der Waals surface area contributed by atoms with E-state index in [1.807, 2.05) is 6.07 Å². The second kappa shape index (κ2) is 5.21. The molecule has 1 atom stereocenters. The minimum atomic E-state index is -0.430. The van der Waals surface area contributed by atoms with Crippen LogP contribution in [0.25, 0.3) is 0 Å². The van der Waals surface area contributed by atoms with Gasteiger partial charge in [0.1, 0.15) is 11.5 Å². The monoisotopic (exact) mass is 234 g/mol. The second-order valence-corrected chi connectivity index (χ2v) is 3.92. The molecule has 0 heterocycles. The van der Waals surface area contributed by atoms with Crippen LogP contribution in [0.2, 0.25) is 0 Å². The van der Waals surface area contributed by atoms with E-state index in [9.17, 15) is 15.0 Å². The van der Waals surface area contributed by atoms with E-state index < -0.39 is 5.91 Å². The van der Waals surface area contributed by atoms with Crippen molar-refractivity contribution in [3.8, 4) is 17.6 Å². The number of rotatable bonds is 3. The number of phenolic OH excluding ortho intramolecular Hbond substituents is 2. The number of nitriles is 1. The molecule has 0 spiro atoms. The summed E-state index contributed by atoms with van der Waals surface area (Å²) in [4.78, 5) is 13.3. The van der Waals surface area contributed by atoms with Crippen LogP contribution < -0.4 is 0 Å². The lowest BCUT2D eigenvalue weighted by atomic mass is 10.1. The molecular formula is C12H14N2O3. The smallest absolute Gasteiger partial charge is 0.257 e. The van der Waals surface area contributed by atoms with Crippen LogP contribution in [0.3, 0.4) is 0 Å². The molecule has 0 aromatic heterocycles. The van der Waals surface area contributed by atoms with Crippen LogP contribution in [-0.4, -0.2) is 34.6 Å². The maximum Gasteiger partial charge on any atom is 0.257 e. The predicted molar refractivity (Wildman–Crippen MR) is 61.5 cm³/mol. The van der Waals surface area contributed by atoms with Gasteiger partial charge >= 0.3 is 0 Å². The lowest BCUT2D eigenvalue weighted by Crippen LogP contribution is -2.30. The predicted octanol–water partition coefficient (Wildman–Crippen LogP) is 1.33. The lowest BCUT2D eigenvalue weighted by Gasteiger charge is -2.18. The van der Waals surface area contributed by atoms with E-state index in [4.69, 9.17) is 5.26 Å². The molecule has 1 aromatic rings. The first kappa shape index (κ1) is 12.8. The van der Waals surface area contributed by atoms with Gasteiger partial charge in [-0.2, -0.15) is 5.26 Å². The van der Waals surface area contributed by atoms with Gasteiger partial charge in [0.25, 0.3) is 5.91 Å². The fourth-order valence-corrected chi connectivity index (χ4v) is 1.44. The zero-order valence-corrected chi connectivity index (χ0v) is 9.71. The van der Waals surface area contributed by atoms with Crippen molar-refractivity contribution in [1.29, 1.82) is 5.26 Å². The van der Waals surface area contributed by atoms with Gasteiger partial charge in [0.05, 0.1) is 17.6 Å².